The van der Waals surface area contributed by atoms with Gasteiger partial charge in [0.25, 0.3) is 0 Å². The van der Waals surface area contributed by atoms with E-state index in [9.17, 15) is 4.79 Å². The van der Waals surface area contributed by atoms with E-state index in [1.165, 1.54) is 0 Å². The third-order valence-electron chi connectivity index (χ3n) is 2.78. The van der Waals surface area contributed by atoms with Crippen molar-refractivity contribution < 1.29 is 9.53 Å². The van der Waals surface area contributed by atoms with Gasteiger partial charge in [0.1, 0.15) is 5.60 Å². The highest BCUT2D eigenvalue weighted by molar-refractivity contribution is 9.10. The fourth-order valence-corrected chi connectivity index (χ4v) is 2.38. The highest BCUT2D eigenvalue weighted by Gasteiger charge is 2.15. The molecule has 1 N–H and O–H groups in total. The second-order valence-corrected chi connectivity index (χ2v) is 6.70. The molecule has 0 radical (unpaired) electrons. The van der Waals surface area contributed by atoms with Crippen molar-refractivity contribution in [2.75, 3.05) is 6.54 Å². The Bertz CT molecular complexity index is 631. The zero-order chi connectivity index (χ0) is 15.5. The highest BCUT2D eigenvalue weighted by Crippen LogP contribution is 2.22. The Morgan fingerprint density at radius 2 is 2.19 bits per heavy atom. The number of rotatable bonds is 4. The number of nitrogens with one attached hydrogen (secondary N) is 1. The van der Waals surface area contributed by atoms with Gasteiger partial charge in [-0.1, -0.05) is 22.0 Å². The Morgan fingerprint density at radius 3 is 2.86 bits per heavy atom. The lowest BCUT2D eigenvalue weighted by atomic mass is 10.2. The van der Waals surface area contributed by atoms with Crippen LogP contribution in [0.15, 0.2) is 28.9 Å². The molecule has 0 bridgehead atoms. The third kappa shape index (κ3) is 4.74. The number of amides is 1. The predicted molar refractivity (Wildman–Crippen MR) is 86.3 cm³/mol. The topological polar surface area (TPSA) is 56.1 Å². The van der Waals surface area contributed by atoms with E-state index in [-0.39, 0.29) is 6.09 Å². The minimum absolute atomic E-state index is 0.379. The van der Waals surface area contributed by atoms with Gasteiger partial charge in [0.2, 0.25) is 0 Å². The van der Waals surface area contributed by atoms with Crippen molar-refractivity contribution in [2.24, 2.45) is 0 Å². The number of hydrogen-bond acceptors (Lipinski definition) is 3. The number of benzene rings is 1. The number of ether oxygens (including phenoxy) is 1. The normalized spacial score (nSPS) is 11.6. The Kier molecular flexibility index (Phi) is 4.88. The molecule has 0 aliphatic heterocycles. The van der Waals surface area contributed by atoms with Gasteiger partial charge in [0.05, 0.1) is 5.52 Å². The predicted octanol–water partition coefficient (Wildman–Crippen LogP) is 3.71. The average molecular weight is 354 g/mol. The summed E-state index contributed by atoms with van der Waals surface area (Å²) >= 11 is 3.51. The number of aromatic nitrogens is 2. The highest BCUT2D eigenvalue weighted by atomic mass is 79.9. The van der Waals surface area contributed by atoms with Gasteiger partial charge in [-0.2, -0.15) is 5.10 Å². The lowest BCUT2D eigenvalue weighted by molar-refractivity contribution is 0.0526. The molecular weight excluding hydrogens is 334 g/mol. The van der Waals surface area contributed by atoms with Crippen LogP contribution in [0, 0.1) is 0 Å². The maximum Gasteiger partial charge on any atom is 0.407 e. The number of hydrogen-bond donors (Lipinski definition) is 1. The van der Waals surface area contributed by atoms with Gasteiger partial charge in [-0.15, -0.1) is 0 Å². The largest absolute Gasteiger partial charge is 0.444 e. The van der Waals surface area contributed by atoms with E-state index < -0.39 is 5.60 Å². The first-order valence-corrected chi connectivity index (χ1v) is 7.73. The quantitative estimate of drug-likeness (QED) is 0.852. The molecule has 0 fully saturated rings. The number of carbonyl (C=O) groups is 1. The molecule has 2 rings (SSSR count). The van der Waals surface area contributed by atoms with Gasteiger partial charge < -0.3 is 10.1 Å². The Balaban J connectivity index is 1.80. The number of aryl methyl sites for hydroxylation is 1. The van der Waals surface area contributed by atoms with Crippen LogP contribution in [0.5, 0.6) is 0 Å². The molecular formula is C15H20BrN3O2. The smallest absolute Gasteiger partial charge is 0.407 e. The molecule has 0 unspecified atom stereocenters. The van der Waals surface area contributed by atoms with E-state index >= 15 is 0 Å². The fraction of sp³-hybridized carbons (Fsp3) is 0.467. The molecule has 0 atom stereocenters. The molecule has 1 amide bonds. The van der Waals surface area contributed by atoms with Crippen molar-refractivity contribution in [2.45, 2.75) is 39.3 Å². The van der Waals surface area contributed by atoms with Crippen molar-refractivity contribution in [1.29, 1.82) is 0 Å². The zero-order valence-electron chi connectivity index (χ0n) is 12.5. The minimum atomic E-state index is -0.462. The number of nitrogens with zero attached hydrogens (tertiary/aromatic N) is 2. The molecule has 5 nitrogen and oxygen atoms in total. The lowest BCUT2D eigenvalue weighted by Gasteiger charge is -2.19. The summed E-state index contributed by atoms with van der Waals surface area (Å²) in [7, 11) is 0. The molecule has 0 saturated carbocycles. The van der Waals surface area contributed by atoms with Crippen molar-refractivity contribution in [1.82, 2.24) is 15.1 Å². The monoisotopic (exact) mass is 353 g/mol. The SMILES string of the molecule is CC(C)(C)OC(=O)NCCCn1cc2c(Br)cccc2n1. The van der Waals surface area contributed by atoms with Crippen LogP contribution in [0.1, 0.15) is 27.2 Å². The standard InChI is InChI=1S/C15H20BrN3O2/c1-15(2,3)21-14(20)17-8-5-9-19-10-11-12(16)6-4-7-13(11)18-19/h4,6-7,10H,5,8-9H2,1-3H3,(H,17,20). The Hall–Kier alpha value is -1.56. The second-order valence-electron chi connectivity index (χ2n) is 5.85. The minimum Gasteiger partial charge on any atom is -0.444 e. The number of alkyl carbamates (subject to hydrolysis) is 1. The number of carbonyl (C=O) groups excluding carboxylic acids is 1. The van der Waals surface area contributed by atoms with Gasteiger partial charge in [-0.3, -0.25) is 4.68 Å². The van der Waals surface area contributed by atoms with Crippen LogP contribution < -0.4 is 5.32 Å². The summed E-state index contributed by atoms with van der Waals surface area (Å²) in [4.78, 5) is 11.5. The molecule has 21 heavy (non-hydrogen) atoms. The summed E-state index contributed by atoms with van der Waals surface area (Å²) in [6.07, 6.45) is 2.42. The number of halogens is 1. The second kappa shape index (κ2) is 6.47. The van der Waals surface area contributed by atoms with Crippen LogP contribution in [0.4, 0.5) is 4.79 Å². The van der Waals surface area contributed by atoms with Crippen molar-refractivity contribution in [3.8, 4) is 0 Å². The first kappa shape index (κ1) is 15.8. The van der Waals surface area contributed by atoms with E-state index in [2.05, 4.69) is 26.3 Å². The molecule has 1 heterocycles. The molecule has 114 valence electrons. The van der Waals surface area contributed by atoms with Crippen LogP contribution in [0.3, 0.4) is 0 Å². The van der Waals surface area contributed by atoms with Gasteiger partial charge in [0, 0.05) is 29.1 Å². The average Bonchev–Trinajstić information content (AvgIpc) is 2.77. The first-order chi connectivity index (χ1) is 9.85. The molecule has 0 spiro atoms. The fourth-order valence-electron chi connectivity index (χ4n) is 1.92. The van der Waals surface area contributed by atoms with E-state index in [1.807, 2.05) is 49.8 Å². The van der Waals surface area contributed by atoms with E-state index in [1.54, 1.807) is 0 Å². The summed E-state index contributed by atoms with van der Waals surface area (Å²) in [5, 5.41) is 8.33. The van der Waals surface area contributed by atoms with Gasteiger partial charge in [-0.25, -0.2) is 4.79 Å². The van der Waals surface area contributed by atoms with E-state index in [0.717, 1.165) is 28.3 Å². The van der Waals surface area contributed by atoms with Crippen molar-refractivity contribution in [3.05, 3.63) is 28.9 Å². The maximum absolute atomic E-state index is 11.5. The van der Waals surface area contributed by atoms with Gasteiger partial charge in [-0.05, 0) is 39.3 Å². The molecule has 1 aromatic heterocycles. The first-order valence-electron chi connectivity index (χ1n) is 6.94. The molecule has 6 heteroatoms. The maximum atomic E-state index is 11.5. The summed E-state index contributed by atoms with van der Waals surface area (Å²) in [5.41, 5.74) is 0.500. The van der Waals surface area contributed by atoms with Crippen LogP contribution in [0.25, 0.3) is 10.9 Å². The lowest BCUT2D eigenvalue weighted by Crippen LogP contribution is -2.33. The zero-order valence-corrected chi connectivity index (χ0v) is 14.1. The van der Waals surface area contributed by atoms with Crippen LogP contribution in [0.2, 0.25) is 0 Å². The van der Waals surface area contributed by atoms with Crippen LogP contribution >= 0.6 is 15.9 Å². The number of fused-ring (bicyclic) bond motifs is 1. The Labute approximate surface area is 132 Å². The molecule has 2 aromatic rings. The Morgan fingerprint density at radius 1 is 1.43 bits per heavy atom. The summed E-state index contributed by atoms with van der Waals surface area (Å²) in [6, 6.07) is 5.95. The summed E-state index contributed by atoms with van der Waals surface area (Å²) < 4.78 is 8.11. The molecule has 0 aliphatic carbocycles. The summed E-state index contributed by atoms with van der Waals surface area (Å²) in [5.74, 6) is 0. The van der Waals surface area contributed by atoms with Gasteiger partial charge in [0.15, 0.2) is 0 Å². The molecule has 1 aromatic carbocycles. The molecule has 0 aliphatic rings. The van der Waals surface area contributed by atoms with Crippen LogP contribution in [-0.2, 0) is 11.3 Å². The van der Waals surface area contributed by atoms with Crippen molar-refractivity contribution in [3.63, 3.8) is 0 Å². The molecule has 0 saturated heterocycles. The third-order valence-corrected chi connectivity index (χ3v) is 3.47. The van der Waals surface area contributed by atoms with Crippen LogP contribution in [-0.4, -0.2) is 28.0 Å². The van der Waals surface area contributed by atoms with Crippen molar-refractivity contribution >= 4 is 32.9 Å². The van der Waals surface area contributed by atoms with Gasteiger partial charge >= 0.3 is 6.09 Å². The van der Waals surface area contributed by atoms with E-state index in [0.29, 0.717) is 6.54 Å². The summed E-state index contributed by atoms with van der Waals surface area (Å²) in [6.45, 7) is 6.85. The van der Waals surface area contributed by atoms with E-state index in [4.69, 9.17) is 4.74 Å².